The lowest BCUT2D eigenvalue weighted by Crippen LogP contribution is -2.05. The molecule has 140 valence electrons. The number of rotatable bonds is 7. The molecule has 0 bridgehead atoms. The van der Waals surface area contributed by atoms with Crippen molar-refractivity contribution in [1.29, 1.82) is 0 Å². The van der Waals surface area contributed by atoms with Crippen LogP contribution in [0.2, 0.25) is 0 Å². The van der Waals surface area contributed by atoms with Crippen molar-refractivity contribution in [1.82, 2.24) is 9.78 Å². The number of nitrogens with zero attached hydrogens (tertiary/aromatic N) is 2. The predicted molar refractivity (Wildman–Crippen MR) is 99.8 cm³/mol. The molecule has 0 saturated carbocycles. The van der Waals surface area contributed by atoms with Crippen molar-refractivity contribution in [3.63, 3.8) is 0 Å². The SMILES string of the molecule is CCOC(=O)CCc1cn(Cc2ccc(O)cc2)nc1-c1ccc(F)cc1. The molecule has 0 fully saturated rings. The number of aromatic nitrogens is 2. The van der Waals surface area contributed by atoms with Crippen molar-refractivity contribution in [3.8, 4) is 17.0 Å². The van der Waals surface area contributed by atoms with Crippen molar-refractivity contribution in [2.75, 3.05) is 6.61 Å². The number of halogens is 1. The number of benzene rings is 2. The van der Waals surface area contributed by atoms with Gasteiger partial charge in [0.05, 0.1) is 18.8 Å². The van der Waals surface area contributed by atoms with Gasteiger partial charge in [-0.3, -0.25) is 9.48 Å². The van der Waals surface area contributed by atoms with Crippen LogP contribution in [0.5, 0.6) is 5.75 Å². The molecule has 0 radical (unpaired) electrons. The number of aryl methyl sites for hydroxylation is 1. The van der Waals surface area contributed by atoms with Crippen molar-refractivity contribution in [3.05, 3.63) is 71.7 Å². The van der Waals surface area contributed by atoms with E-state index in [1.165, 1.54) is 12.1 Å². The van der Waals surface area contributed by atoms with Gasteiger partial charge in [0.15, 0.2) is 0 Å². The fraction of sp³-hybridized carbons (Fsp3) is 0.238. The summed E-state index contributed by atoms with van der Waals surface area (Å²) in [7, 11) is 0. The first-order valence-electron chi connectivity index (χ1n) is 8.81. The van der Waals surface area contributed by atoms with Gasteiger partial charge in [0.25, 0.3) is 0 Å². The summed E-state index contributed by atoms with van der Waals surface area (Å²) in [6.45, 7) is 2.65. The Morgan fingerprint density at radius 2 is 1.85 bits per heavy atom. The molecule has 0 unspecified atom stereocenters. The first-order chi connectivity index (χ1) is 13.0. The van der Waals surface area contributed by atoms with Crippen molar-refractivity contribution < 1.29 is 19.0 Å². The maximum Gasteiger partial charge on any atom is 0.306 e. The van der Waals surface area contributed by atoms with Gasteiger partial charge in [-0.25, -0.2) is 4.39 Å². The third-order valence-corrected chi connectivity index (χ3v) is 4.14. The summed E-state index contributed by atoms with van der Waals surface area (Å²) in [5.41, 5.74) is 3.39. The summed E-state index contributed by atoms with van der Waals surface area (Å²) in [4.78, 5) is 11.7. The lowest BCUT2D eigenvalue weighted by atomic mass is 10.0. The van der Waals surface area contributed by atoms with Crippen LogP contribution in [0.1, 0.15) is 24.5 Å². The smallest absolute Gasteiger partial charge is 0.306 e. The van der Waals surface area contributed by atoms with Crippen LogP contribution in [0.25, 0.3) is 11.3 Å². The van der Waals surface area contributed by atoms with Gasteiger partial charge in [-0.05, 0) is 60.9 Å². The van der Waals surface area contributed by atoms with E-state index in [1.807, 2.05) is 18.3 Å². The lowest BCUT2D eigenvalue weighted by Gasteiger charge is -2.03. The third-order valence-electron chi connectivity index (χ3n) is 4.14. The number of hydrogen-bond donors (Lipinski definition) is 1. The molecule has 0 spiro atoms. The minimum atomic E-state index is -0.310. The van der Waals surface area contributed by atoms with Gasteiger partial charge in [-0.1, -0.05) is 12.1 Å². The molecule has 1 N–H and O–H groups in total. The fourth-order valence-electron chi connectivity index (χ4n) is 2.84. The summed E-state index contributed by atoms with van der Waals surface area (Å²) in [5.74, 6) is -0.356. The number of esters is 1. The van der Waals surface area contributed by atoms with E-state index in [0.717, 1.165) is 22.4 Å². The number of hydrogen-bond acceptors (Lipinski definition) is 4. The molecule has 1 heterocycles. The number of phenolic OH excluding ortho intramolecular Hbond substituents is 1. The van der Waals surface area contributed by atoms with Gasteiger partial charge in [0.1, 0.15) is 11.6 Å². The molecule has 3 aromatic rings. The maximum absolute atomic E-state index is 13.3. The van der Waals surface area contributed by atoms with E-state index in [0.29, 0.717) is 19.6 Å². The molecule has 2 aromatic carbocycles. The molecule has 3 rings (SSSR count). The Labute approximate surface area is 157 Å². The zero-order chi connectivity index (χ0) is 19.2. The second kappa shape index (κ2) is 8.49. The van der Waals surface area contributed by atoms with Gasteiger partial charge in [0, 0.05) is 18.2 Å². The van der Waals surface area contributed by atoms with Crippen molar-refractivity contribution >= 4 is 5.97 Å². The van der Waals surface area contributed by atoms with Gasteiger partial charge >= 0.3 is 5.97 Å². The quantitative estimate of drug-likeness (QED) is 0.642. The Bertz CT molecular complexity index is 902. The monoisotopic (exact) mass is 368 g/mol. The van der Waals surface area contributed by atoms with Crippen molar-refractivity contribution in [2.45, 2.75) is 26.3 Å². The molecular weight excluding hydrogens is 347 g/mol. The molecule has 1 aromatic heterocycles. The normalized spacial score (nSPS) is 10.7. The van der Waals surface area contributed by atoms with Crippen LogP contribution in [-0.2, 0) is 22.5 Å². The van der Waals surface area contributed by atoms with E-state index >= 15 is 0 Å². The average Bonchev–Trinajstić information content (AvgIpc) is 3.05. The minimum Gasteiger partial charge on any atom is -0.508 e. The highest BCUT2D eigenvalue weighted by Crippen LogP contribution is 2.24. The highest BCUT2D eigenvalue weighted by molar-refractivity contribution is 5.70. The summed E-state index contributed by atoms with van der Waals surface area (Å²) < 4.78 is 20.0. The molecule has 0 saturated heterocycles. The van der Waals surface area contributed by atoms with Crippen LogP contribution in [0.3, 0.4) is 0 Å². The van der Waals surface area contributed by atoms with E-state index < -0.39 is 0 Å². The van der Waals surface area contributed by atoms with E-state index in [-0.39, 0.29) is 24.0 Å². The fourth-order valence-corrected chi connectivity index (χ4v) is 2.84. The Kier molecular flexibility index (Phi) is 5.86. The van der Waals surface area contributed by atoms with E-state index in [9.17, 15) is 14.3 Å². The Morgan fingerprint density at radius 1 is 1.15 bits per heavy atom. The highest BCUT2D eigenvalue weighted by Gasteiger charge is 2.14. The molecule has 0 atom stereocenters. The first-order valence-corrected chi connectivity index (χ1v) is 8.81. The van der Waals surface area contributed by atoms with Crippen molar-refractivity contribution in [2.24, 2.45) is 0 Å². The molecule has 6 heteroatoms. The molecule has 27 heavy (non-hydrogen) atoms. The lowest BCUT2D eigenvalue weighted by molar-refractivity contribution is -0.143. The minimum absolute atomic E-state index is 0.210. The van der Waals surface area contributed by atoms with Crippen LogP contribution in [0.4, 0.5) is 4.39 Å². The van der Waals surface area contributed by atoms with Gasteiger partial charge in [-0.15, -0.1) is 0 Å². The summed E-state index contributed by atoms with van der Waals surface area (Å²) >= 11 is 0. The number of ether oxygens (including phenoxy) is 1. The summed E-state index contributed by atoms with van der Waals surface area (Å²) in [6, 6.07) is 13.0. The Balaban J connectivity index is 1.86. The molecule has 0 aliphatic rings. The van der Waals surface area contributed by atoms with E-state index in [1.54, 1.807) is 35.9 Å². The maximum atomic E-state index is 13.3. The number of carbonyl (C=O) groups is 1. The Hall–Kier alpha value is -3.15. The van der Waals surface area contributed by atoms with E-state index in [4.69, 9.17) is 4.74 Å². The predicted octanol–water partition coefficient (Wildman–Crippen LogP) is 3.94. The van der Waals surface area contributed by atoms with Crippen LogP contribution in [0, 0.1) is 5.82 Å². The van der Waals surface area contributed by atoms with Crippen LogP contribution < -0.4 is 0 Å². The molecular formula is C21H21FN2O3. The Morgan fingerprint density at radius 3 is 2.52 bits per heavy atom. The first kappa shape index (κ1) is 18.6. The molecule has 0 amide bonds. The summed E-state index contributed by atoms with van der Waals surface area (Å²) in [6.07, 6.45) is 2.64. The second-order valence-corrected chi connectivity index (χ2v) is 6.18. The van der Waals surface area contributed by atoms with Gasteiger partial charge in [0.2, 0.25) is 0 Å². The van der Waals surface area contributed by atoms with Crippen LogP contribution in [-0.4, -0.2) is 27.5 Å². The summed E-state index contributed by atoms with van der Waals surface area (Å²) in [5, 5.41) is 14.0. The molecule has 5 nitrogen and oxygen atoms in total. The second-order valence-electron chi connectivity index (χ2n) is 6.18. The van der Waals surface area contributed by atoms with Crippen LogP contribution in [0.15, 0.2) is 54.7 Å². The third kappa shape index (κ3) is 4.94. The van der Waals surface area contributed by atoms with Gasteiger partial charge in [-0.2, -0.15) is 5.10 Å². The number of carbonyl (C=O) groups excluding carboxylic acids is 1. The van der Waals surface area contributed by atoms with E-state index in [2.05, 4.69) is 5.10 Å². The topological polar surface area (TPSA) is 64.3 Å². The number of aromatic hydroxyl groups is 1. The largest absolute Gasteiger partial charge is 0.508 e. The van der Waals surface area contributed by atoms with Crippen LogP contribution >= 0.6 is 0 Å². The molecule has 0 aliphatic heterocycles. The average molecular weight is 368 g/mol. The number of phenols is 1. The van der Waals surface area contributed by atoms with Gasteiger partial charge < -0.3 is 9.84 Å². The zero-order valence-electron chi connectivity index (χ0n) is 15.1. The zero-order valence-corrected chi connectivity index (χ0v) is 15.1. The standard InChI is InChI=1S/C21H21FN2O3/c1-2-27-20(26)12-7-17-14-24(13-15-3-10-19(25)11-4-15)23-21(17)16-5-8-18(22)9-6-16/h3-6,8-11,14,25H,2,7,12-13H2,1H3. The molecule has 0 aliphatic carbocycles. The highest BCUT2D eigenvalue weighted by atomic mass is 19.1.